The lowest BCUT2D eigenvalue weighted by molar-refractivity contribution is -0.135. The van der Waals surface area contributed by atoms with Gasteiger partial charge in [0, 0.05) is 50.6 Å². The van der Waals surface area contributed by atoms with E-state index in [0.717, 1.165) is 36.4 Å². The average Bonchev–Trinajstić information content (AvgIpc) is 3.38. The van der Waals surface area contributed by atoms with Crippen LogP contribution in [0.15, 0.2) is 73.2 Å². The van der Waals surface area contributed by atoms with Crippen LogP contribution in [0.2, 0.25) is 0 Å². The highest BCUT2D eigenvalue weighted by Gasteiger charge is 2.31. The van der Waals surface area contributed by atoms with Crippen molar-refractivity contribution in [1.82, 2.24) is 24.3 Å². The first-order chi connectivity index (χ1) is 19.1. The van der Waals surface area contributed by atoms with Gasteiger partial charge >= 0.3 is 0 Å². The Morgan fingerprint density at radius 2 is 1.82 bits per heavy atom. The molecule has 1 fully saturated rings. The zero-order valence-electron chi connectivity index (χ0n) is 22.1. The van der Waals surface area contributed by atoms with E-state index in [9.17, 15) is 9.59 Å². The van der Waals surface area contributed by atoms with Crippen LogP contribution in [0.3, 0.4) is 0 Å². The molecule has 4 aromatic rings. The molecule has 39 heavy (non-hydrogen) atoms. The Hall–Kier alpha value is -4.40. The Morgan fingerprint density at radius 1 is 0.949 bits per heavy atom. The molecule has 9 nitrogen and oxygen atoms in total. The number of amides is 2. The minimum atomic E-state index is -0.00962. The van der Waals surface area contributed by atoms with Crippen molar-refractivity contribution >= 4 is 28.7 Å². The number of hydrogen-bond acceptors (Lipinski definition) is 6. The number of hydrogen-bond donors (Lipinski definition) is 0. The highest BCUT2D eigenvalue weighted by Crippen LogP contribution is 2.31. The number of nitrogens with zero attached hydrogens (tertiary/aromatic N) is 6. The van der Waals surface area contributed by atoms with Gasteiger partial charge in [-0.3, -0.25) is 9.59 Å². The fourth-order valence-electron chi connectivity index (χ4n) is 5.62. The molecule has 4 heterocycles. The quantitative estimate of drug-likeness (QED) is 0.386. The van der Waals surface area contributed by atoms with Crippen LogP contribution in [-0.4, -0.2) is 75.0 Å². The summed E-state index contributed by atoms with van der Waals surface area (Å²) in [6.07, 6.45) is 4.23. The first-order valence-electron chi connectivity index (χ1n) is 13.4. The van der Waals surface area contributed by atoms with E-state index in [1.54, 1.807) is 12.5 Å². The Labute approximate surface area is 227 Å². The molecule has 2 aromatic carbocycles. The first kappa shape index (κ1) is 24.9. The molecule has 2 aliphatic heterocycles. The Kier molecular flexibility index (Phi) is 6.87. The predicted molar refractivity (Wildman–Crippen MR) is 148 cm³/mol. The number of anilines is 1. The van der Waals surface area contributed by atoms with E-state index in [0.29, 0.717) is 25.4 Å². The van der Waals surface area contributed by atoms with E-state index in [1.807, 2.05) is 56.8 Å². The third-order valence-corrected chi connectivity index (χ3v) is 7.68. The summed E-state index contributed by atoms with van der Waals surface area (Å²) >= 11 is 0. The van der Waals surface area contributed by atoms with Gasteiger partial charge in [-0.1, -0.05) is 30.3 Å². The molecule has 2 amide bonds. The number of ether oxygens (including phenoxy) is 1. The second kappa shape index (κ2) is 10.8. The van der Waals surface area contributed by atoms with E-state index >= 15 is 0 Å². The standard InChI is InChI=1S/C30H32N6O3/c1-22-17-33(15-16-36(22)28(37)19-35-21-32-26-10-6-13-31-30(26)35)27-11-5-7-23-12-14-34(18-25(23)27)29(38)20-39-24-8-3-2-4-9-24/h2-11,13,21-22H,12,14-20H2,1H3/t22-/m1/s1. The number of fused-ring (bicyclic) bond motifs is 2. The summed E-state index contributed by atoms with van der Waals surface area (Å²) in [6, 6.07) is 19.6. The maximum absolute atomic E-state index is 13.3. The molecule has 0 saturated carbocycles. The minimum Gasteiger partial charge on any atom is -0.484 e. The number of imidazole rings is 1. The van der Waals surface area contributed by atoms with Crippen LogP contribution in [0.25, 0.3) is 11.2 Å². The molecule has 0 spiro atoms. The number of pyridine rings is 1. The van der Waals surface area contributed by atoms with E-state index in [4.69, 9.17) is 4.74 Å². The summed E-state index contributed by atoms with van der Waals surface area (Å²) in [6.45, 7) is 5.71. The normalized spacial score (nSPS) is 17.3. The van der Waals surface area contributed by atoms with Crippen LogP contribution in [0.1, 0.15) is 18.1 Å². The summed E-state index contributed by atoms with van der Waals surface area (Å²) < 4.78 is 7.53. The van der Waals surface area contributed by atoms with Crippen LogP contribution in [0, 0.1) is 0 Å². The lowest BCUT2D eigenvalue weighted by atomic mass is 9.96. The average molecular weight is 525 g/mol. The number of carbonyl (C=O) groups is 2. The lowest BCUT2D eigenvalue weighted by Gasteiger charge is -2.42. The molecule has 2 aliphatic rings. The minimum absolute atomic E-state index is 0.00962. The fourth-order valence-corrected chi connectivity index (χ4v) is 5.62. The van der Waals surface area contributed by atoms with E-state index in [1.165, 1.54) is 11.1 Å². The molecular weight excluding hydrogens is 492 g/mol. The molecule has 0 unspecified atom stereocenters. The molecule has 0 aliphatic carbocycles. The van der Waals surface area contributed by atoms with Crippen molar-refractivity contribution in [3.05, 3.63) is 84.3 Å². The maximum Gasteiger partial charge on any atom is 0.260 e. The van der Waals surface area contributed by atoms with Crippen molar-refractivity contribution in [3.8, 4) is 5.75 Å². The monoisotopic (exact) mass is 524 g/mol. The van der Waals surface area contributed by atoms with Crippen LogP contribution in [0.4, 0.5) is 5.69 Å². The van der Waals surface area contributed by atoms with E-state index < -0.39 is 0 Å². The van der Waals surface area contributed by atoms with E-state index in [-0.39, 0.29) is 31.0 Å². The van der Waals surface area contributed by atoms with Gasteiger partial charge in [0.2, 0.25) is 5.91 Å². The second-order valence-electron chi connectivity index (χ2n) is 10.2. The van der Waals surface area contributed by atoms with Gasteiger partial charge in [-0.2, -0.15) is 0 Å². The molecule has 0 N–H and O–H groups in total. The highest BCUT2D eigenvalue weighted by molar-refractivity contribution is 5.80. The van der Waals surface area contributed by atoms with Crippen LogP contribution >= 0.6 is 0 Å². The second-order valence-corrected chi connectivity index (χ2v) is 10.2. The molecule has 2 aromatic heterocycles. The van der Waals surface area contributed by atoms with Gasteiger partial charge in [-0.05, 0) is 54.8 Å². The van der Waals surface area contributed by atoms with Gasteiger partial charge in [0.15, 0.2) is 12.3 Å². The van der Waals surface area contributed by atoms with Crippen LogP contribution in [0.5, 0.6) is 5.75 Å². The summed E-state index contributed by atoms with van der Waals surface area (Å²) in [5.74, 6) is 0.754. The van der Waals surface area contributed by atoms with Gasteiger partial charge in [0.1, 0.15) is 17.8 Å². The number of piperazine rings is 1. The SMILES string of the molecule is C[C@@H]1CN(c2cccc3c2CN(C(=O)COc2ccccc2)CC3)CCN1C(=O)Cn1cnc2cccnc21. The number of rotatable bonds is 6. The third-order valence-electron chi connectivity index (χ3n) is 7.68. The van der Waals surface area contributed by atoms with Crippen molar-refractivity contribution < 1.29 is 14.3 Å². The Bertz CT molecular complexity index is 1490. The smallest absolute Gasteiger partial charge is 0.260 e. The molecule has 0 radical (unpaired) electrons. The van der Waals surface area contributed by atoms with Crippen molar-refractivity contribution in [1.29, 1.82) is 0 Å². The van der Waals surface area contributed by atoms with E-state index in [2.05, 4.69) is 40.0 Å². The summed E-state index contributed by atoms with van der Waals surface area (Å²) in [4.78, 5) is 41.2. The number of aromatic nitrogens is 3. The molecule has 1 atom stereocenters. The molecule has 0 bridgehead atoms. The number of benzene rings is 2. The number of carbonyl (C=O) groups excluding carboxylic acids is 2. The summed E-state index contributed by atoms with van der Waals surface area (Å²) in [5, 5.41) is 0. The van der Waals surface area contributed by atoms with Gasteiger partial charge < -0.3 is 24.0 Å². The topological polar surface area (TPSA) is 83.8 Å². The van der Waals surface area contributed by atoms with Crippen LogP contribution < -0.4 is 9.64 Å². The maximum atomic E-state index is 13.3. The van der Waals surface area contributed by atoms with Gasteiger partial charge in [-0.15, -0.1) is 0 Å². The van der Waals surface area contributed by atoms with Crippen molar-refractivity contribution in [2.75, 3.05) is 37.7 Å². The van der Waals surface area contributed by atoms with Gasteiger partial charge in [0.05, 0.1) is 6.33 Å². The lowest BCUT2D eigenvalue weighted by Crippen LogP contribution is -2.55. The zero-order valence-corrected chi connectivity index (χ0v) is 22.1. The summed E-state index contributed by atoms with van der Waals surface area (Å²) in [5.41, 5.74) is 5.14. The molecule has 200 valence electrons. The molecule has 9 heteroatoms. The van der Waals surface area contributed by atoms with Crippen molar-refractivity contribution in [3.63, 3.8) is 0 Å². The predicted octanol–water partition coefficient (Wildman–Crippen LogP) is 3.13. The highest BCUT2D eigenvalue weighted by atomic mass is 16.5. The van der Waals surface area contributed by atoms with Crippen molar-refractivity contribution in [2.45, 2.75) is 32.5 Å². The Balaban J connectivity index is 1.11. The molecular formula is C30H32N6O3. The Morgan fingerprint density at radius 3 is 2.67 bits per heavy atom. The third kappa shape index (κ3) is 5.16. The largest absolute Gasteiger partial charge is 0.484 e. The summed E-state index contributed by atoms with van der Waals surface area (Å²) in [7, 11) is 0. The fraction of sp³-hybridized carbons (Fsp3) is 0.333. The molecule has 6 rings (SSSR count). The van der Waals surface area contributed by atoms with Gasteiger partial charge in [-0.25, -0.2) is 9.97 Å². The zero-order chi connectivity index (χ0) is 26.8. The van der Waals surface area contributed by atoms with Crippen molar-refractivity contribution in [2.24, 2.45) is 0 Å². The number of para-hydroxylation sites is 1. The van der Waals surface area contributed by atoms with Crippen LogP contribution in [-0.2, 0) is 29.1 Å². The first-order valence-corrected chi connectivity index (χ1v) is 13.4. The van der Waals surface area contributed by atoms with Gasteiger partial charge in [0.25, 0.3) is 5.91 Å². The molecule has 1 saturated heterocycles.